The Bertz CT molecular complexity index is 403. The fourth-order valence-electron chi connectivity index (χ4n) is 0.939. The van der Waals surface area contributed by atoms with E-state index in [1.54, 1.807) is 12.1 Å². The molecule has 78 valence electrons. The van der Waals surface area contributed by atoms with Gasteiger partial charge in [-0.1, -0.05) is 6.07 Å². The van der Waals surface area contributed by atoms with Gasteiger partial charge >= 0.3 is 11.9 Å². The first-order valence-corrected chi connectivity index (χ1v) is 3.98. The van der Waals surface area contributed by atoms with Gasteiger partial charge in [0.15, 0.2) is 0 Å². The Morgan fingerprint density at radius 1 is 1.27 bits per heavy atom. The third-order valence-electron chi connectivity index (χ3n) is 1.54. The topological polar surface area (TPSA) is 95.5 Å². The predicted octanol–water partition coefficient (Wildman–Crippen LogP) is 0.278. The highest BCUT2D eigenvalue weighted by atomic mass is 16.4. The summed E-state index contributed by atoms with van der Waals surface area (Å²) in [7, 11) is 0. The van der Waals surface area contributed by atoms with E-state index in [-0.39, 0.29) is 0 Å². The highest BCUT2D eigenvalue weighted by Gasteiger charge is 2.10. The van der Waals surface area contributed by atoms with Crippen LogP contribution in [0.3, 0.4) is 0 Å². The van der Waals surface area contributed by atoms with Gasteiger partial charge in [-0.2, -0.15) is 0 Å². The molecule has 0 aromatic heterocycles. The number of aliphatic carboxylic acids is 1. The summed E-state index contributed by atoms with van der Waals surface area (Å²) in [5.74, 6) is -2.69. The SMILES string of the molecule is O=CNc1cccc(NC(=O)C(=O)O)c1. The molecule has 0 heterocycles. The summed E-state index contributed by atoms with van der Waals surface area (Å²) in [6.45, 7) is 0. The van der Waals surface area contributed by atoms with E-state index in [1.165, 1.54) is 12.1 Å². The lowest BCUT2D eigenvalue weighted by Crippen LogP contribution is -2.21. The van der Waals surface area contributed by atoms with E-state index in [0.29, 0.717) is 17.8 Å². The van der Waals surface area contributed by atoms with Crippen LogP contribution in [0.5, 0.6) is 0 Å². The highest BCUT2D eigenvalue weighted by Crippen LogP contribution is 2.14. The summed E-state index contributed by atoms with van der Waals surface area (Å²) in [5.41, 5.74) is 0.766. The monoisotopic (exact) mass is 208 g/mol. The molecular weight excluding hydrogens is 200 g/mol. The molecule has 0 fully saturated rings. The number of nitrogens with one attached hydrogen (secondary N) is 2. The van der Waals surface area contributed by atoms with Gasteiger partial charge in [-0.05, 0) is 18.2 Å². The molecule has 0 atom stereocenters. The van der Waals surface area contributed by atoms with E-state index in [1.807, 2.05) is 0 Å². The molecule has 1 rings (SSSR count). The summed E-state index contributed by atoms with van der Waals surface area (Å²) in [4.78, 5) is 31.1. The second-order valence-corrected chi connectivity index (χ2v) is 2.60. The van der Waals surface area contributed by atoms with Crippen molar-refractivity contribution in [3.8, 4) is 0 Å². The average molecular weight is 208 g/mol. The number of carboxylic acids is 1. The summed E-state index contributed by atoms with van der Waals surface area (Å²) in [5, 5.41) is 12.8. The number of carbonyl (C=O) groups is 3. The maximum absolute atomic E-state index is 10.8. The molecule has 6 heteroatoms. The van der Waals surface area contributed by atoms with Crippen LogP contribution in [-0.4, -0.2) is 23.4 Å². The second-order valence-electron chi connectivity index (χ2n) is 2.60. The number of anilines is 2. The van der Waals surface area contributed by atoms with Crippen molar-refractivity contribution in [1.29, 1.82) is 0 Å². The van der Waals surface area contributed by atoms with Crippen LogP contribution in [0.1, 0.15) is 0 Å². The number of carboxylic acid groups (broad SMARTS) is 1. The maximum Gasteiger partial charge on any atom is 0.394 e. The molecule has 15 heavy (non-hydrogen) atoms. The standard InChI is InChI=1S/C9H8N2O4/c12-5-10-6-2-1-3-7(4-6)11-8(13)9(14)15/h1-5H,(H,10,12)(H,11,13)(H,14,15). The summed E-state index contributed by atoms with van der Waals surface area (Å²) >= 11 is 0. The Hall–Kier alpha value is -2.37. The van der Waals surface area contributed by atoms with Crippen molar-refractivity contribution in [2.45, 2.75) is 0 Å². The summed E-state index contributed by atoms with van der Waals surface area (Å²) < 4.78 is 0. The number of rotatable bonds is 3. The van der Waals surface area contributed by atoms with Crippen LogP contribution in [0.15, 0.2) is 24.3 Å². The predicted molar refractivity (Wildman–Crippen MR) is 52.4 cm³/mol. The number of benzene rings is 1. The average Bonchev–Trinajstić information content (AvgIpc) is 2.18. The van der Waals surface area contributed by atoms with Crippen molar-refractivity contribution in [2.75, 3.05) is 10.6 Å². The third kappa shape index (κ3) is 3.11. The minimum absolute atomic E-state index is 0.300. The van der Waals surface area contributed by atoms with E-state index in [0.717, 1.165) is 0 Å². The van der Waals surface area contributed by atoms with Gasteiger partial charge in [0, 0.05) is 11.4 Å². The maximum atomic E-state index is 10.8. The summed E-state index contributed by atoms with van der Waals surface area (Å²) in [6.07, 6.45) is 0.484. The number of amides is 2. The van der Waals surface area contributed by atoms with Crippen molar-refractivity contribution in [2.24, 2.45) is 0 Å². The van der Waals surface area contributed by atoms with E-state index in [4.69, 9.17) is 5.11 Å². The zero-order valence-electron chi connectivity index (χ0n) is 7.56. The van der Waals surface area contributed by atoms with Gasteiger partial charge in [0.2, 0.25) is 6.41 Å². The van der Waals surface area contributed by atoms with Crippen LogP contribution in [-0.2, 0) is 14.4 Å². The number of hydrogen-bond acceptors (Lipinski definition) is 3. The van der Waals surface area contributed by atoms with Gasteiger partial charge in [-0.3, -0.25) is 9.59 Å². The molecule has 0 bridgehead atoms. The van der Waals surface area contributed by atoms with Crippen LogP contribution in [0.25, 0.3) is 0 Å². The normalized spacial score (nSPS) is 9.07. The molecule has 0 saturated heterocycles. The minimum atomic E-state index is -1.57. The van der Waals surface area contributed by atoms with Crippen molar-refractivity contribution in [3.63, 3.8) is 0 Å². The lowest BCUT2D eigenvalue weighted by atomic mass is 10.3. The number of hydrogen-bond donors (Lipinski definition) is 3. The molecule has 6 nitrogen and oxygen atoms in total. The first-order chi connectivity index (χ1) is 7.13. The Morgan fingerprint density at radius 2 is 1.93 bits per heavy atom. The molecule has 1 aromatic carbocycles. The van der Waals surface area contributed by atoms with Crippen molar-refractivity contribution in [3.05, 3.63) is 24.3 Å². The van der Waals surface area contributed by atoms with Crippen LogP contribution < -0.4 is 10.6 Å². The highest BCUT2D eigenvalue weighted by molar-refractivity contribution is 6.36. The molecule has 0 aliphatic rings. The van der Waals surface area contributed by atoms with E-state index in [9.17, 15) is 14.4 Å². The van der Waals surface area contributed by atoms with Gasteiger partial charge in [0.05, 0.1) is 0 Å². The van der Waals surface area contributed by atoms with E-state index < -0.39 is 11.9 Å². The Balaban J connectivity index is 2.77. The zero-order chi connectivity index (χ0) is 11.3. The lowest BCUT2D eigenvalue weighted by Gasteiger charge is -2.03. The van der Waals surface area contributed by atoms with Crippen LogP contribution in [0, 0.1) is 0 Å². The quantitative estimate of drug-likeness (QED) is 0.491. The Morgan fingerprint density at radius 3 is 2.53 bits per heavy atom. The Kier molecular flexibility index (Phi) is 3.39. The molecule has 0 saturated carbocycles. The molecule has 0 radical (unpaired) electrons. The van der Waals surface area contributed by atoms with Crippen molar-refractivity contribution in [1.82, 2.24) is 0 Å². The van der Waals surface area contributed by atoms with Crippen LogP contribution in [0.2, 0.25) is 0 Å². The Labute approximate surface area is 84.9 Å². The summed E-state index contributed by atoms with van der Waals surface area (Å²) in [6, 6.07) is 6.13. The third-order valence-corrected chi connectivity index (χ3v) is 1.54. The molecule has 0 aliphatic carbocycles. The molecule has 1 aromatic rings. The van der Waals surface area contributed by atoms with Crippen molar-refractivity contribution < 1.29 is 19.5 Å². The fraction of sp³-hybridized carbons (Fsp3) is 0. The molecule has 0 unspecified atom stereocenters. The molecular formula is C9H8N2O4. The number of carbonyl (C=O) groups excluding carboxylic acids is 2. The van der Waals surface area contributed by atoms with E-state index in [2.05, 4.69) is 10.6 Å². The largest absolute Gasteiger partial charge is 0.474 e. The second kappa shape index (κ2) is 4.75. The van der Waals surface area contributed by atoms with Crippen LogP contribution >= 0.6 is 0 Å². The first kappa shape index (κ1) is 10.7. The van der Waals surface area contributed by atoms with Crippen molar-refractivity contribution >= 4 is 29.7 Å². The van der Waals surface area contributed by atoms with Gasteiger partial charge in [-0.15, -0.1) is 0 Å². The van der Waals surface area contributed by atoms with Gasteiger partial charge < -0.3 is 15.7 Å². The fourth-order valence-corrected chi connectivity index (χ4v) is 0.939. The molecule has 0 spiro atoms. The lowest BCUT2D eigenvalue weighted by molar-refractivity contribution is -0.147. The van der Waals surface area contributed by atoms with Gasteiger partial charge in [0.1, 0.15) is 0 Å². The minimum Gasteiger partial charge on any atom is -0.474 e. The molecule has 0 aliphatic heterocycles. The van der Waals surface area contributed by atoms with Crippen LogP contribution in [0.4, 0.5) is 11.4 Å². The van der Waals surface area contributed by atoms with Gasteiger partial charge in [0.25, 0.3) is 0 Å². The van der Waals surface area contributed by atoms with Gasteiger partial charge in [-0.25, -0.2) is 4.79 Å². The smallest absolute Gasteiger partial charge is 0.394 e. The molecule has 2 amide bonds. The first-order valence-electron chi connectivity index (χ1n) is 3.98. The molecule has 3 N–H and O–H groups in total. The van der Waals surface area contributed by atoms with E-state index >= 15 is 0 Å². The zero-order valence-corrected chi connectivity index (χ0v) is 7.56.